The molecule has 0 spiro atoms. The SMILES string of the molecule is COCCCN1C(=O)c2ccc(C(=O)N[C@@H](C)c3cc(C)ccc3OC)cc2C1=O. The number of fused-ring (bicyclic) bond motifs is 1. The van der Waals surface area contributed by atoms with Crippen molar-refractivity contribution in [3.05, 3.63) is 64.2 Å². The quantitative estimate of drug-likeness (QED) is 0.534. The Morgan fingerprint density at radius 1 is 1.07 bits per heavy atom. The zero-order valence-corrected chi connectivity index (χ0v) is 17.7. The molecule has 1 aliphatic rings. The summed E-state index contributed by atoms with van der Waals surface area (Å²) >= 11 is 0. The van der Waals surface area contributed by atoms with E-state index < -0.39 is 0 Å². The van der Waals surface area contributed by atoms with E-state index in [1.54, 1.807) is 26.4 Å². The van der Waals surface area contributed by atoms with E-state index in [2.05, 4.69) is 5.32 Å². The number of aryl methyl sites for hydroxylation is 1. The van der Waals surface area contributed by atoms with Crippen molar-refractivity contribution in [2.45, 2.75) is 26.3 Å². The molecule has 7 nitrogen and oxygen atoms in total. The molecule has 1 N–H and O–H groups in total. The molecule has 3 amide bonds. The number of amides is 3. The van der Waals surface area contributed by atoms with Gasteiger partial charge in [0.1, 0.15) is 5.75 Å². The zero-order chi connectivity index (χ0) is 21.8. The van der Waals surface area contributed by atoms with Crippen LogP contribution < -0.4 is 10.1 Å². The van der Waals surface area contributed by atoms with E-state index in [0.717, 1.165) is 11.1 Å². The Morgan fingerprint density at radius 2 is 1.80 bits per heavy atom. The molecule has 0 radical (unpaired) electrons. The summed E-state index contributed by atoms with van der Waals surface area (Å²) in [6.45, 7) is 4.58. The van der Waals surface area contributed by atoms with Gasteiger partial charge in [0.05, 0.1) is 24.3 Å². The minimum atomic E-state index is -0.380. The van der Waals surface area contributed by atoms with Crippen molar-refractivity contribution in [1.29, 1.82) is 0 Å². The predicted molar refractivity (Wildman–Crippen MR) is 112 cm³/mol. The third-order valence-electron chi connectivity index (χ3n) is 5.16. The van der Waals surface area contributed by atoms with Crippen LogP contribution in [0.4, 0.5) is 0 Å². The first-order valence-corrected chi connectivity index (χ1v) is 9.82. The number of nitrogens with zero attached hydrogens (tertiary/aromatic N) is 1. The molecular formula is C23H26N2O5. The van der Waals surface area contributed by atoms with Crippen molar-refractivity contribution in [2.75, 3.05) is 27.4 Å². The van der Waals surface area contributed by atoms with Gasteiger partial charge in [0.15, 0.2) is 0 Å². The highest BCUT2D eigenvalue weighted by Gasteiger charge is 2.35. The molecule has 0 fully saturated rings. The van der Waals surface area contributed by atoms with Crippen molar-refractivity contribution < 1.29 is 23.9 Å². The molecule has 0 saturated heterocycles. The van der Waals surface area contributed by atoms with Gasteiger partial charge in [0, 0.05) is 31.4 Å². The molecule has 0 aliphatic carbocycles. The molecule has 0 unspecified atom stereocenters. The van der Waals surface area contributed by atoms with Gasteiger partial charge in [-0.3, -0.25) is 19.3 Å². The van der Waals surface area contributed by atoms with Crippen molar-refractivity contribution in [1.82, 2.24) is 10.2 Å². The molecule has 1 heterocycles. The Labute approximate surface area is 176 Å². The number of hydrogen-bond acceptors (Lipinski definition) is 5. The lowest BCUT2D eigenvalue weighted by atomic mass is 10.0. The lowest BCUT2D eigenvalue weighted by molar-refractivity contribution is 0.0638. The minimum Gasteiger partial charge on any atom is -0.496 e. The Morgan fingerprint density at radius 3 is 2.50 bits per heavy atom. The van der Waals surface area contributed by atoms with Crippen LogP contribution in [0, 0.1) is 6.92 Å². The molecule has 0 aromatic heterocycles. The summed E-state index contributed by atoms with van der Waals surface area (Å²) in [4.78, 5) is 39.2. The third-order valence-corrected chi connectivity index (χ3v) is 5.16. The number of carbonyl (C=O) groups excluding carboxylic acids is 3. The molecule has 2 aromatic carbocycles. The van der Waals surface area contributed by atoms with E-state index in [1.165, 1.54) is 11.0 Å². The Balaban J connectivity index is 1.77. The average molecular weight is 410 g/mol. The first kappa shape index (κ1) is 21.5. The van der Waals surface area contributed by atoms with E-state index in [4.69, 9.17) is 9.47 Å². The summed E-state index contributed by atoms with van der Waals surface area (Å²) < 4.78 is 10.4. The van der Waals surface area contributed by atoms with Gasteiger partial charge in [-0.1, -0.05) is 17.7 Å². The molecule has 2 aromatic rings. The smallest absolute Gasteiger partial charge is 0.261 e. The average Bonchev–Trinajstić information content (AvgIpc) is 2.98. The van der Waals surface area contributed by atoms with Crippen LogP contribution in [0.3, 0.4) is 0 Å². The highest BCUT2D eigenvalue weighted by atomic mass is 16.5. The highest BCUT2D eigenvalue weighted by molar-refractivity contribution is 6.22. The van der Waals surface area contributed by atoms with Crippen LogP contribution in [0.1, 0.15) is 61.6 Å². The molecule has 30 heavy (non-hydrogen) atoms. The van der Waals surface area contributed by atoms with Crippen molar-refractivity contribution in [3.8, 4) is 5.75 Å². The number of rotatable bonds is 8. The van der Waals surface area contributed by atoms with Crippen molar-refractivity contribution in [3.63, 3.8) is 0 Å². The predicted octanol–water partition coefficient (Wildman–Crippen LogP) is 3.13. The highest BCUT2D eigenvalue weighted by Crippen LogP contribution is 2.27. The maximum atomic E-state index is 12.8. The second-order valence-corrected chi connectivity index (χ2v) is 7.31. The molecular weight excluding hydrogens is 384 g/mol. The normalized spacial score (nSPS) is 13.9. The summed E-state index contributed by atoms with van der Waals surface area (Å²) in [5, 5.41) is 2.94. The summed E-state index contributed by atoms with van der Waals surface area (Å²) in [5.74, 6) is -0.355. The number of nitrogens with one attached hydrogen (secondary N) is 1. The van der Waals surface area contributed by atoms with E-state index in [-0.39, 0.29) is 35.9 Å². The fraction of sp³-hybridized carbons (Fsp3) is 0.348. The number of imide groups is 1. The van der Waals surface area contributed by atoms with Crippen molar-refractivity contribution in [2.24, 2.45) is 0 Å². The minimum absolute atomic E-state index is 0.255. The van der Waals surface area contributed by atoms with Crippen LogP contribution >= 0.6 is 0 Å². The maximum absolute atomic E-state index is 12.8. The lowest BCUT2D eigenvalue weighted by Crippen LogP contribution is -2.31. The third kappa shape index (κ3) is 4.21. The molecule has 0 bridgehead atoms. The molecule has 7 heteroatoms. The van der Waals surface area contributed by atoms with Gasteiger partial charge in [0.25, 0.3) is 17.7 Å². The maximum Gasteiger partial charge on any atom is 0.261 e. The van der Waals surface area contributed by atoms with Gasteiger partial charge in [-0.2, -0.15) is 0 Å². The van der Waals surface area contributed by atoms with Gasteiger partial charge in [0.2, 0.25) is 0 Å². The fourth-order valence-electron chi connectivity index (χ4n) is 3.55. The first-order chi connectivity index (χ1) is 14.4. The summed E-state index contributed by atoms with van der Waals surface area (Å²) in [6, 6.07) is 10.1. The molecule has 1 atom stereocenters. The van der Waals surface area contributed by atoms with Gasteiger partial charge in [-0.05, 0) is 44.5 Å². The number of benzene rings is 2. The van der Waals surface area contributed by atoms with E-state index in [9.17, 15) is 14.4 Å². The number of ether oxygens (including phenoxy) is 2. The Bertz CT molecular complexity index is 986. The number of hydrogen-bond donors (Lipinski definition) is 1. The van der Waals surface area contributed by atoms with Gasteiger partial charge in [-0.15, -0.1) is 0 Å². The van der Waals surface area contributed by atoms with Crippen LogP contribution in [0.25, 0.3) is 0 Å². The van der Waals surface area contributed by atoms with Gasteiger partial charge >= 0.3 is 0 Å². The fourth-order valence-corrected chi connectivity index (χ4v) is 3.55. The van der Waals surface area contributed by atoms with Crippen LogP contribution in [0.15, 0.2) is 36.4 Å². The monoisotopic (exact) mass is 410 g/mol. The lowest BCUT2D eigenvalue weighted by Gasteiger charge is -2.18. The topological polar surface area (TPSA) is 84.9 Å². The van der Waals surface area contributed by atoms with E-state index >= 15 is 0 Å². The second kappa shape index (κ2) is 9.09. The summed E-state index contributed by atoms with van der Waals surface area (Å²) in [7, 11) is 3.16. The zero-order valence-electron chi connectivity index (χ0n) is 17.7. The van der Waals surface area contributed by atoms with Crippen molar-refractivity contribution >= 4 is 17.7 Å². The van der Waals surface area contributed by atoms with E-state index in [1.807, 2.05) is 32.0 Å². The van der Waals surface area contributed by atoms with Crippen LogP contribution in [0.5, 0.6) is 5.75 Å². The first-order valence-electron chi connectivity index (χ1n) is 9.82. The Kier molecular flexibility index (Phi) is 6.52. The largest absolute Gasteiger partial charge is 0.496 e. The molecule has 0 saturated carbocycles. The number of carbonyl (C=O) groups is 3. The second-order valence-electron chi connectivity index (χ2n) is 7.31. The molecule has 1 aliphatic heterocycles. The Hall–Kier alpha value is -3.19. The van der Waals surface area contributed by atoms with E-state index in [0.29, 0.717) is 29.9 Å². The van der Waals surface area contributed by atoms with Crippen LogP contribution in [-0.2, 0) is 4.74 Å². The van der Waals surface area contributed by atoms with Crippen LogP contribution in [0.2, 0.25) is 0 Å². The summed E-state index contributed by atoms with van der Waals surface area (Å²) in [5.41, 5.74) is 2.82. The van der Waals surface area contributed by atoms with Gasteiger partial charge in [-0.25, -0.2) is 0 Å². The molecule has 158 valence electrons. The number of methoxy groups -OCH3 is 2. The summed E-state index contributed by atoms with van der Waals surface area (Å²) in [6.07, 6.45) is 0.561. The standard InChI is InChI=1S/C23H26N2O5/c1-14-6-9-20(30-4)18(12-14)15(2)24-21(26)16-7-8-17-19(13-16)23(28)25(22(17)27)10-5-11-29-3/h6-9,12-13,15H,5,10-11H2,1-4H3,(H,24,26)/t15-/m0/s1. The molecule has 3 rings (SSSR count). The van der Waals surface area contributed by atoms with Crippen LogP contribution in [-0.4, -0.2) is 50.0 Å². The van der Waals surface area contributed by atoms with Gasteiger partial charge < -0.3 is 14.8 Å².